The SMILES string of the molecule is CN(C)C(NC1N(C)CCN1C)N(C)C. The maximum absolute atomic E-state index is 3.62. The Morgan fingerprint density at radius 1 is 1.00 bits per heavy atom. The lowest BCUT2D eigenvalue weighted by molar-refractivity contribution is 0.0249. The Kier molecular flexibility index (Phi) is 4.48. The minimum absolute atomic E-state index is 0.262. The van der Waals surface area contributed by atoms with Crippen molar-refractivity contribution in [3.05, 3.63) is 0 Å². The molecule has 0 spiro atoms. The molecule has 0 aliphatic carbocycles. The van der Waals surface area contributed by atoms with E-state index in [1.165, 1.54) is 0 Å². The first-order valence-corrected chi connectivity index (χ1v) is 5.43. The van der Waals surface area contributed by atoms with Crippen molar-refractivity contribution in [2.75, 3.05) is 55.4 Å². The summed E-state index contributed by atoms with van der Waals surface area (Å²) < 4.78 is 0. The molecule has 0 atom stereocenters. The van der Waals surface area contributed by atoms with Crippen molar-refractivity contribution >= 4 is 0 Å². The van der Waals surface area contributed by atoms with Crippen LogP contribution in [0.15, 0.2) is 0 Å². The monoisotopic (exact) mass is 215 g/mol. The highest BCUT2D eigenvalue weighted by atomic mass is 15.5. The third kappa shape index (κ3) is 3.12. The van der Waals surface area contributed by atoms with Gasteiger partial charge in [-0.2, -0.15) is 0 Å². The quantitative estimate of drug-likeness (QED) is 0.616. The van der Waals surface area contributed by atoms with Crippen LogP contribution >= 0.6 is 0 Å². The van der Waals surface area contributed by atoms with Gasteiger partial charge in [-0.05, 0) is 42.3 Å². The minimum atomic E-state index is 0.262. The van der Waals surface area contributed by atoms with Crippen molar-refractivity contribution in [3.63, 3.8) is 0 Å². The van der Waals surface area contributed by atoms with Crippen LogP contribution in [0.5, 0.6) is 0 Å². The van der Waals surface area contributed by atoms with Crippen LogP contribution in [-0.4, -0.2) is 87.6 Å². The summed E-state index contributed by atoms with van der Waals surface area (Å²) in [5.41, 5.74) is 0. The first kappa shape index (κ1) is 12.9. The lowest BCUT2D eigenvalue weighted by Gasteiger charge is -2.37. The summed E-state index contributed by atoms with van der Waals surface area (Å²) in [6, 6.07) is 0. The van der Waals surface area contributed by atoms with Crippen LogP contribution in [0.2, 0.25) is 0 Å². The van der Waals surface area contributed by atoms with Gasteiger partial charge in [0.15, 0.2) is 0 Å². The molecule has 0 unspecified atom stereocenters. The predicted octanol–water partition coefficient (Wildman–Crippen LogP) is -0.856. The number of likely N-dealkylation sites (N-methyl/N-ethyl adjacent to an activating group) is 2. The van der Waals surface area contributed by atoms with Crippen molar-refractivity contribution in [2.45, 2.75) is 12.6 Å². The van der Waals surface area contributed by atoms with Crippen molar-refractivity contribution < 1.29 is 0 Å². The molecule has 1 saturated heterocycles. The van der Waals surface area contributed by atoms with E-state index in [2.05, 4.69) is 67.2 Å². The van der Waals surface area contributed by atoms with Gasteiger partial charge in [-0.15, -0.1) is 0 Å². The van der Waals surface area contributed by atoms with Crippen molar-refractivity contribution in [1.29, 1.82) is 0 Å². The van der Waals surface area contributed by atoms with Crippen LogP contribution in [-0.2, 0) is 0 Å². The third-order valence-electron chi connectivity index (χ3n) is 2.92. The summed E-state index contributed by atoms with van der Waals surface area (Å²) in [7, 11) is 12.7. The average molecular weight is 215 g/mol. The Bertz CT molecular complexity index is 176. The van der Waals surface area contributed by atoms with Gasteiger partial charge in [0.25, 0.3) is 0 Å². The van der Waals surface area contributed by atoms with Gasteiger partial charge >= 0.3 is 0 Å². The van der Waals surface area contributed by atoms with Gasteiger partial charge in [0.2, 0.25) is 0 Å². The van der Waals surface area contributed by atoms with Gasteiger partial charge in [0.1, 0.15) is 12.6 Å². The van der Waals surface area contributed by atoms with Crippen LogP contribution in [0.4, 0.5) is 0 Å². The van der Waals surface area contributed by atoms with Crippen molar-refractivity contribution in [3.8, 4) is 0 Å². The van der Waals surface area contributed by atoms with E-state index in [4.69, 9.17) is 0 Å². The fraction of sp³-hybridized carbons (Fsp3) is 1.00. The normalized spacial score (nSPS) is 21.4. The van der Waals surface area contributed by atoms with E-state index < -0.39 is 0 Å². The molecule has 1 heterocycles. The second kappa shape index (κ2) is 5.23. The van der Waals surface area contributed by atoms with Gasteiger partial charge in [-0.3, -0.25) is 24.9 Å². The molecule has 90 valence electrons. The highest BCUT2D eigenvalue weighted by molar-refractivity contribution is 4.77. The molecule has 1 rings (SSSR count). The largest absolute Gasteiger partial charge is 0.282 e. The van der Waals surface area contributed by atoms with Crippen LogP contribution in [0, 0.1) is 0 Å². The smallest absolute Gasteiger partial charge is 0.118 e. The molecule has 1 aliphatic heterocycles. The van der Waals surface area contributed by atoms with Crippen molar-refractivity contribution in [1.82, 2.24) is 24.9 Å². The Labute approximate surface area is 93.6 Å². The molecule has 0 bridgehead atoms. The molecule has 0 amide bonds. The van der Waals surface area contributed by atoms with Gasteiger partial charge in [0.05, 0.1) is 0 Å². The molecule has 5 heteroatoms. The van der Waals surface area contributed by atoms with Crippen LogP contribution in [0.25, 0.3) is 0 Å². The summed E-state index contributed by atoms with van der Waals surface area (Å²) in [6.45, 7) is 2.25. The van der Waals surface area contributed by atoms with Gasteiger partial charge in [-0.1, -0.05) is 0 Å². The third-order valence-corrected chi connectivity index (χ3v) is 2.92. The van der Waals surface area contributed by atoms with Gasteiger partial charge in [0, 0.05) is 13.1 Å². The Balaban J connectivity index is 2.57. The second-order valence-corrected chi connectivity index (χ2v) is 4.80. The lowest BCUT2D eigenvalue weighted by Crippen LogP contribution is -2.60. The number of rotatable bonds is 4. The summed E-state index contributed by atoms with van der Waals surface area (Å²) in [5, 5.41) is 3.62. The molecule has 1 fully saturated rings. The highest BCUT2D eigenvalue weighted by Crippen LogP contribution is 2.08. The summed E-state index contributed by atoms with van der Waals surface area (Å²) in [5.74, 6) is 0. The summed E-state index contributed by atoms with van der Waals surface area (Å²) >= 11 is 0. The molecule has 5 nitrogen and oxygen atoms in total. The topological polar surface area (TPSA) is 25.0 Å². The molecule has 0 aromatic rings. The van der Waals surface area contributed by atoms with Crippen LogP contribution < -0.4 is 5.32 Å². The maximum atomic E-state index is 3.62. The zero-order chi connectivity index (χ0) is 11.6. The molecule has 0 aromatic carbocycles. The van der Waals surface area contributed by atoms with Crippen LogP contribution in [0.1, 0.15) is 0 Å². The van der Waals surface area contributed by atoms with Gasteiger partial charge < -0.3 is 0 Å². The standard InChI is InChI=1S/C10H25N5/c1-12(2)9(13(3)4)11-10-14(5)7-8-15(10)6/h9-11H,7-8H2,1-6H3. The van der Waals surface area contributed by atoms with E-state index in [-0.39, 0.29) is 6.29 Å². The molecular formula is C10H25N5. The lowest BCUT2D eigenvalue weighted by atomic mass is 10.5. The van der Waals surface area contributed by atoms with E-state index in [9.17, 15) is 0 Å². The fourth-order valence-corrected chi connectivity index (χ4v) is 2.04. The number of nitrogens with one attached hydrogen (secondary N) is 1. The Morgan fingerprint density at radius 3 is 1.73 bits per heavy atom. The average Bonchev–Trinajstić information content (AvgIpc) is 2.42. The maximum Gasteiger partial charge on any atom is 0.118 e. The molecular weight excluding hydrogens is 190 g/mol. The number of nitrogens with zero attached hydrogens (tertiary/aromatic N) is 4. The number of hydrogen-bond donors (Lipinski definition) is 1. The first-order chi connectivity index (χ1) is 6.93. The van der Waals surface area contributed by atoms with E-state index in [0.717, 1.165) is 13.1 Å². The minimum Gasteiger partial charge on any atom is -0.282 e. The molecule has 1 aliphatic rings. The van der Waals surface area contributed by atoms with E-state index in [1.807, 2.05) is 0 Å². The zero-order valence-corrected chi connectivity index (χ0v) is 10.9. The van der Waals surface area contributed by atoms with E-state index in [0.29, 0.717) is 6.29 Å². The van der Waals surface area contributed by atoms with Gasteiger partial charge in [-0.25, -0.2) is 0 Å². The summed E-state index contributed by atoms with van der Waals surface area (Å²) in [4.78, 5) is 9.03. The molecule has 0 saturated carbocycles. The molecule has 0 aromatic heterocycles. The molecule has 0 radical (unpaired) electrons. The first-order valence-electron chi connectivity index (χ1n) is 5.43. The van der Waals surface area contributed by atoms with E-state index in [1.54, 1.807) is 0 Å². The predicted molar refractivity (Wildman–Crippen MR) is 63.3 cm³/mol. The Hall–Kier alpha value is -0.200. The second-order valence-electron chi connectivity index (χ2n) is 4.80. The molecule has 15 heavy (non-hydrogen) atoms. The molecule has 1 N–H and O–H groups in total. The highest BCUT2D eigenvalue weighted by Gasteiger charge is 2.29. The Morgan fingerprint density at radius 2 is 1.40 bits per heavy atom. The number of hydrogen-bond acceptors (Lipinski definition) is 5. The van der Waals surface area contributed by atoms with E-state index >= 15 is 0 Å². The zero-order valence-electron chi connectivity index (χ0n) is 10.9. The summed E-state index contributed by atoms with van der Waals surface area (Å²) in [6.07, 6.45) is 0.595. The van der Waals surface area contributed by atoms with Crippen LogP contribution in [0.3, 0.4) is 0 Å². The fourth-order valence-electron chi connectivity index (χ4n) is 2.04. The van der Waals surface area contributed by atoms with Crippen molar-refractivity contribution in [2.24, 2.45) is 0 Å².